The molecule has 1 heterocycles. The number of aromatic nitrogens is 2. The number of hydrogen-bond donors (Lipinski definition) is 1. The average Bonchev–Trinajstić information content (AvgIpc) is 2.77. The molecule has 7 heteroatoms. The van der Waals surface area contributed by atoms with Gasteiger partial charge in [-0.05, 0) is 18.6 Å². The first-order valence-corrected chi connectivity index (χ1v) is 7.32. The van der Waals surface area contributed by atoms with Gasteiger partial charge in [-0.2, -0.15) is 0 Å². The Balaban J connectivity index is 2.24. The summed E-state index contributed by atoms with van der Waals surface area (Å²) in [7, 11) is -3.55. The van der Waals surface area contributed by atoms with Gasteiger partial charge in [0.15, 0.2) is 0 Å². The molecule has 17 heavy (non-hydrogen) atoms. The summed E-state index contributed by atoms with van der Waals surface area (Å²) in [5.74, 6) is 0. The molecular formula is C10H11N3O2S2. The molecule has 0 aliphatic heterocycles. The van der Waals surface area contributed by atoms with Crippen LogP contribution in [0.15, 0.2) is 35.2 Å². The maximum absolute atomic E-state index is 11.9. The van der Waals surface area contributed by atoms with E-state index in [-0.39, 0.29) is 4.90 Å². The molecule has 2 rings (SSSR count). The molecule has 0 atom stereocenters. The number of hydrogen-bond acceptors (Lipinski definition) is 5. The number of sulfonamides is 1. The van der Waals surface area contributed by atoms with Gasteiger partial charge in [-0.1, -0.05) is 36.5 Å². The predicted octanol–water partition coefficient (Wildman–Crippen LogP) is 1.90. The van der Waals surface area contributed by atoms with Crippen molar-refractivity contribution in [2.75, 3.05) is 4.72 Å². The van der Waals surface area contributed by atoms with Gasteiger partial charge in [-0.3, -0.25) is 4.72 Å². The van der Waals surface area contributed by atoms with Crippen LogP contribution in [0.1, 0.15) is 11.9 Å². The van der Waals surface area contributed by atoms with Crippen LogP contribution < -0.4 is 4.72 Å². The highest BCUT2D eigenvalue weighted by molar-refractivity contribution is 7.93. The lowest BCUT2D eigenvalue weighted by Gasteiger charge is -2.03. The molecule has 1 N–H and O–H groups in total. The smallest absolute Gasteiger partial charge is 0.253 e. The molecule has 0 aliphatic carbocycles. The zero-order valence-corrected chi connectivity index (χ0v) is 10.8. The SMILES string of the molecule is CCc1nnc(NS(=O)(=O)c2ccccc2)s1. The molecule has 0 saturated heterocycles. The predicted molar refractivity (Wildman–Crippen MR) is 66.5 cm³/mol. The lowest BCUT2D eigenvalue weighted by atomic mass is 10.4. The summed E-state index contributed by atoms with van der Waals surface area (Å²) in [6.45, 7) is 1.94. The number of nitrogens with zero attached hydrogens (tertiary/aromatic N) is 2. The van der Waals surface area contributed by atoms with Gasteiger partial charge in [0.1, 0.15) is 5.01 Å². The number of anilines is 1. The largest absolute Gasteiger partial charge is 0.263 e. The third-order valence-electron chi connectivity index (χ3n) is 2.04. The Morgan fingerprint density at radius 2 is 1.94 bits per heavy atom. The lowest BCUT2D eigenvalue weighted by molar-refractivity contribution is 0.601. The van der Waals surface area contributed by atoms with E-state index in [1.807, 2.05) is 6.92 Å². The zero-order valence-electron chi connectivity index (χ0n) is 9.12. The van der Waals surface area contributed by atoms with E-state index in [9.17, 15) is 8.42 Å². The van der Waals surface area contributed by atoms with E-state index in [0.29, 0.717) is 5.13 Å². The molecule has 0 fully saturated rings. The van der Waals surface area contributed by atoms with E-state index >= 15 is 0 Å². The number of benzene rings is 1. The highest BCUT2D eigenvalue weighted by atomic mass is 32.2. The van der Waals surface area contributed by atoms with Gasteiger partial charge in [0, 0.05) is 0 Å². The molecule has 2 aromatic rings. The highest BCUT2D eigenvalue weighted by Crippen LogP contribution is 2.19. The molecule has 1 aromatic heterocycles. The molecule has 0 spiro atoms. The summed E-state index contributed by atoms with van der Waals surface area (Å²) < 4.78 is 26.3. The average molecular weight is 269 g/mol. The summed E-state index contributed by atoms with van der Waals surface area (Å²) in [5.41, 5.74) is 0. The van der Waals surface area contributed by atoms with Crippen LogP contribution in [-0.2, 0) is 16.4 Å². The maximum atomic E-state index is 11.9. The Morgan fingerprint density at radius 1 is 1.24 bits per heavy atom. The van der Waals surface area contributed by atoms with Gasteiger partial charge >= 0.3 is 0 Å². The van der Waals surface area contributed by atoms with Gasteiger partial charge in [0.25, 0.3) is 10.0 Å². The van der Waals surface area contributed by atoms with Crippen molar-refractivity contribution in [1.82, 2.24) is 10.2 Å². The summed E-state index contributed by atoms with van der Waals surface area (Å²) >= 11 is 1.24. The molecule has 0 radical (unpaired) electrons. The quantitative estimate of drug-likeness (QED) is 0.920. The molecular weight excluding hydrogens is 258 g/mol. The van der Waals surface area contributed by atoms with Gasteiger partial charge in [0.05, 0.1) is 4.90 Å². The summed E-state index contributed by atoms with van der Waals surface area (Å²) in [4.78, 5) is 0.216. The Hall–Kier alpha value is -1.47. The number of rotatable bonds is 4. The molecule has 1 aromatic carbocycles. The molecule has 0 saturated carbocycles. The lowest BCUT2D eigenvalue weighted by Crippen LogP contribution is -2.12. The molecule has 0 unspecified atom stereocenters. The number of aryl methyl sites for hydroxylation is 1. The fraction of sp³-hybridized carbons (Fsp3) is 0.200. The van der Waals surface area contributed by atoms with Crippen LogP contribution in [0.25, 0.3) is 0 Å². The fourth-order valence-corrected chi connectivity index (χ4v) is 3.14. The van der Waals surface area contributed by atoms with Crippen molar-refractivity contribution in [1.29, 1.82) is 0 Å². The van der Waals surface area contributed by atoms with Gasteiger partial charge in [-0.15, -0.1) is 10.2 Å². The Labute approximate surface area is 104 Å². The van der Waals surface area contributed by atoms with Gasteiger partial charge in [-0.25, -0.2) is 8.42 Å². The standard InChI is InChI=1S/C10H11N3O2S2/c1-2-9-11-12-10(16-9)13-17(14,15)8-6-4-3-5-7-8/h3-7H,2H2,1H3,(H,12,13). The Kier molecular flexibility index (Phi) is 3.39. The highest BCUT2D eigenvalue weighted by Gasteiger charge is 2.15. The molecule has 0 amide bonds. The second-order valence-corrected chi connectivity index (χ2v) is 6.02. The third-order valence-corrected chi connectivity index (χ3v) is 4.51. The first-order valence-electron chi connectivity index (χ1n) is 5.02. The van der Waals surface area contributed by atoms with Crippen LogP contribution in [0.4, 0.5) is 5.13 Å². The van der Waals surface area contributed by atoms with E-state index < -0.39 is 10.0 Å². The van der Waals surface area contributed by atoms with Crippen LogP contribution in [-0.4, -0.2) is 18.6 Å². The summed E-state index contributed by atoms with van der Waals surface area (Å²) in [5, 5.41) is 8.73. The van der Waals surface area contributed by atoms with Crippen LogP contribution in [0, 0.1) is 0 Å². The minimum absolute atomic E-state index is 0.216. The fourth-order valence-electron chi connectivity index (χ4n) is 1.21. The summed E-state index contributed by atoms with van der Waals surface area (Å²) in [6, 6.07) is 8.17. The first kappa shape index (κ1) is 12.0. The second-order valence-electron chi connectivity index (χ2n) is 3.27. The summed E-state index contributed by atoms with van der Waals surface area (Å²) in [6.07, 6.45) is 0.741. The van der Waals surface area contributed by atoms with E-state index in [1.54, 1.807) is 18.2 Å². The second kappa shape index (κ2) is 4.80. The van der Waals surface area contributed by atoms with Crippen molar-refractivity contribution in [2.24, 2.45) is 0 Å². The molecule has 5 nitrogen and oxygen atoms in total. The van der Waals surface area contributed by atoms with Crippen molar-refractivity contribution in [3.8, 4) is 0 Å². The zero-order chi connectivity index (χ0) is 12.3. The van der Waals surface area contributed by atoms with Crippen molar-refractivity contribution in [3.05, 3.63) is 35.3 Å². The topological polar surface area (TPSA) is 72.0 Å². The minimum atomic E-state index is -3.55. The maximum Gasteiger partial charge on any atom is 0.263 e. The van der Waals surface area contributed by atoms with Crippen molar-refractivity contribution < 1.29 is 8.42 Å². The molecule has 0 bridgehead atoms. The monoisotopic (exact) mass is 269 g/mol. The van der Waals surface area contributed by atoms with Crippen LogP contribution >= 0.6 is 11.3 Å². The van der Waals surface area contributed by atoms with Gasteiger partial charge < -0.3 is 0 Å². The van der Waals surface area contributed by atoms with E-state index in [4.69, 9.17) is 0 Å². The third kappa shape index (κ3) is 2.80. The van der Waals surface area contributed by atoms with Crippen LogP contribution in [0.3, 0.4) is 0 Å². The minimum Gasteiger partial charge on any atom is -0.253 e. The van der Waals surface area contributed by atoms with E-state index in [0.717, 1.165) is 11.4 Å². The van der Waals surface area contributed by atoms with E-state index in [1.165, 1.54) is 23.5 Å². The first-order chi connectivity index (χ1) is 8.12. The van der Waals surface area contributed by atoms with E-state index in [2.05, 4.69) is 14.9 Å². The van der Waals surface area contributed by atoms with Gasteiger partial charge in [0.2, 0.25) is 5.13 Å². The van der Waals surface area contributed by atoms with Crippen LogP contribution in [0.2, 0.25) is 0 Å². The van der Waals surface area contributed by atoms with Crippen molar-refractivity contribution in [3.63, 3.8) is 0 Å². The van der Waals surface area contributed by atoms with Crippen molar-refractivity contribution in [2.45, 2.75) is 18.2 Å². The molecule has 0 aliphatic rings. The molecule has 90 valence electrons. The Morgan fingerprint density at radius 3 is 2.53 bits per heavy atom. The van der Waals surface area contributed by atoms with Crippen molar-refractivity contribution >= 4 is 26.5 Å². The normalized spacial score (nSPS) is 11.4. The number of nitrogens with one attached hydrogen (secondary N) is 1. The van der Waals surface area contributed by atoms with Crippen LogP contribution in [0.5, 0.6) is 0 Å². The Bertz CT molecular complexity index is 593.